The summed E-state index contributed by atoms with van der Waals surface area (Å²) in [6, 6.07) is 3.98. The molecule has 2 nitrogen and oxygen atoms in total. The summed E-state index contributed by atoms with van der Waals surface area (Å²) in [4.78, 5) is 0. The molecule has 0 saturated carbocycles. The Morgan fingerprint density at radius 3 is 2.25 bits per heavy atom. The molecule has 0 aromatic heterocycles. The standard InChI is InChI=1S/C12H15F2NO/c1-15-12(5-7-16-8-6-12)11-9(13)3-2-4-10(11)14/h2-4,15H,5-8H2,1H3. The van der Waals surface area contributed by atoms with E-state index in [1.54, 1.807) is 7.05 Å². The third kappa shape index (κ3) is 1.83. The molecule has 1 aromatic rings. The first-order valence-electron chi connectivity index (χ1n) is 5.41. The van der Waals surface area contributed by atoms with E-state index in [1.807, 2.05) is 0 Å². The van der Waals surface area contributed by atoms with Crippen LogP contribution in [0.15, 0.2) is 18.2 Å². The van der Waals surface area contributed by atoms with Gasteiger partial charge in [0.15, 0.2) is 0 Å². The van der Waals surface area contributed by atoms with Crippen LogP contribution in [-0.2, 0) is 10.3 Å². The largest absolute Gasteiger partial charge is 0.381 e. The number of hydrogen-bond donors (Lipinski definition) is 1. The molecule has 1 heterocycles. The van der Waals surface area contributed by atoms with Crippen molar-refractivity contribution in [2.24, 2.45) is 0 Å². The highest BCUT2D eigenvalue weighted by Crippen LogP contribution is 2.34. The molecule has 0 radical (unpaired) electrons. The molecule has 1 N–H and O–H groups in total. The molecule has 0 atom stereocenters. The van der Waals surface area contributed by atoms with Gasteiger partial charge in [-0.3, -0.25) is 0 Å². The van der Waals surface area contributed by atoms with Crippen LogP contribution in [-0.4, -0.2) is 20.3 Å². The Morgan fingerprint density at radius 1 is 1.19 bits per heavy atom. The minimum absolute atomic E-state index is 0.140. The molecule has 1 aliphatic heterocycles. The second kappa shape index (κ2) is 4.47. The summed E-state index contributed by atoms with van der Waals surface area (Å²) in [5, 5.41) is 3.06. The van der Waals surface area contributed by atoms with Crippen LogP contribution in [0.1, 0.15) is 18.4 Å². The topological polar surface area (TPSA) is 21.3 Å². The van der Waals surface area contributed by atoms with E-state index < -0.39 is 17.2 Å². The lowest BCUT2D eigenvalue weighted by Gasteiger charge is -2.37. The monoisotopic (exact) mass is 227 g/mol. The molecule has 0 aliphatic carbocycles. The zero-order chi connectivity index (χ0) is 11.6. The van der Waals surface area contributed by atoms with Gasteiger partial charge in [-0.15, -0.1) is 0 Å². The van der Waals surface area contributed by atoms with Crippen molar-refractivity contribution in [2.45, 2.75) is 18.4 Å². The number of nitrogens with one attached hydrogen (secondary N) is 1. The van der Waals surface area contributed by atoms with Gasteiger partial charge in [-0.05, 0) is 32.0 Å². The minimum Gasteiger partial charge on any atom is -0.381 e. The molecule has 1 aliphatic rings. The lowest BCUT2D eigenvalue weighted by Crippen LogP contribution is -2.46. The van der Waals surface area contributed by atoms with Crippen LogP contribution < -0.4 is 5.32 Å². The summed E-state index contributed by atoms with van der Waals surface area (Å²) in [6.07, 6.45) is 1.17. The predicted octanol–water partition coefficient (Wildman–Crippen LogP) is 2.19. The van der Waals surface area contributed by atoms with Gasteiger partial charge in [-0.2, -0.15) is 0 Å². The molecule has 1 aromatic carbocycles. The van der Waals surface area contributed by atoms with E-state index >= 15 is 0 Å². The van der Waals surface area contributed by atoms with Gasteiger partial charge in [0, 0.05) is 18.8 Å². The molecule has 0 spiro atoms. The van der Waals surface area contributed by atoms with Crippen molar-refractivity contribution in [1.29, 1.82) is 0 Å². The van der Waals surface area contributed by atoms with Crippen LogP contribution in [0.4, 0.5) is 8.78 Å². The number of rotatable bonds is 2. The van der Waals surface area contributed by atoms with Gasteiger partial charge in [0.05, 0.1) is 5.54 Å². The average molecular weight is 227 g/mol. The fourth-order valence-electron chi connectivity index (χ4n) is 2.30. The maximum Gasteiger partial charge on any atom is 0.131 e. The third-order valence-electron chi connectivity index (χ3n) is 3.27. The molecule has 0 amide bonds. The van der Waals surface area contributed by atoms with Crippen LogP contribution in [0, 0.1) is 11.6 Å². The molecule has 88 valence electrons. The van der Waals surface area contributed by atoms with Gasteiger partial charge < -0.3 is 10.1 Å². The fraction of sp³-hybridized carbons (Fsp3) is 0.500. The smallest absolute Gasteiger partial charge is 0.131 e. The summed E-state index contributed by atoms with van der Waals surface area (Å²) >= 11 is 0. The molecule has 16 heavy (non-hydrogen) atoms. The molecular formula is C12H15F2NO. The molecule has 0 bridgehead atoms. The first-order chi connectivity index (χ1) is 7.69. The Morgan fingerprint density at radius 2 is 1.75 bits per heavy atom. The average Bonchev–Trinajstić information content (AvgIpc) is 2.30. The summed E-state index contributed by atoms with van der Waals surface area (Å²) < 4.78 is 32.7. The molecular weight excluding hydrogens is 212 g/mol. The van der Waals surface area contributed by atoms with Crippen LogP contribution in [0.3, 0.4) is 0 Å². The Balaban J connectivity index is 2.46. The van der Waals surface area contributed by atoms with Gasteiger partial charge in [-0.1, -0.05) is 6.07 Å². The fourth-order valence-corrected chi connectivity index (χ4v) is 2.30. The van der Waals surface area contributed by atoms with Gasteiger partial charge in [0.25, 0.3) is 0 Å². The second-order valence-electron chi connectivity index (χ2n) is 4.04. The van der Waals surface area contributed by atoms with Crippen molar-refractivity contribution in [2.75, 3.05) is 20.3 Å². The van der Waals surface area contributed by atoms with Gasteiger partial charge in [0.1, 0.15) is 11.6 Å². The van der Waals surface area contributed by atoms with E-state index in [9.17, 15) is 8.78 Å². The SMILES string of the molecule is CNC1(c2c(F)cccc2F)CCOCC1. The minimum atomic E-state index is -0.631. The summed E-state index contributed by atoms with van der Waals surface area (Å²) in [5.74, 6) is -0.979. The number of hydrogen-bond acceptors (Lipinski definition) is 2. The first kappa shape index (κ1) is 11.5. The van der Waals surface area contributed by atoms with E-state index in [0.29, 0.717) is 26.1 Å². The highest BCUT2D eigenvalue weighted by Gasteiger charge is 2.37. The number of benzene rings is 1. The van der Waals surface area contributed by atoms with E-state index in [0.717, 1.165) is 0 Å². The highest BCUT2D eigenvalue weighted by molar-refractivity contribution is 5.28. The van der Waals surface area contributed by atoms with Crippen LogP contribution in [0.25, 0.3) is 0 Å². The van der Waals surface area contributed by atoms with Crippen LogP contribution in [0.2, 0.25) is 0 Å². The molecule has 2 rings (SSSR count). The summed E-state index contributed by atoms with van der Waals surface area (Å²) in [6.45, 7) is 1.04. The zero-order valence-electron chi connectivity index (χ0n) is 9.22. The normalized spacial score (nSPS) is 19.7. The van der Waals surface area contributed by atoms with Crippen molar-refractivity contribution in [3.63, 3.8) is 0 Å². The maximum atomic E-state index is 13.7. The number of halogens is 2. The Bertz CT molecular complexity index is 355. The quantitative estimate of drug-likeness (QED) is 0.836. The third-order valence-corrected chi connectivity index (χ3v) is 3.27. The molecule has 1 saturated heterocycles. The van der Waals surface area contributed by atoms with E-state index in [4.69, 9.17) is 4.74 Å². The number of ether oxygens (including phenoxy) is 1. The zero-order valence-corrected chi connectivity index (χ0v) is 9.22. The molecule has 0 unspecified atom stereocenters. The maximum absolute atomic E-state index is 13.7. The van der Waals surface area contributed by atoms with Crippen molar-refractivity contribution in [1.82, 2.24) is 5.32 Å². The van der Waals surface area contributed by atoms with E-state index in [2.05, 4.69) is 5.32 Å². The highest BCUT2D eigenvalue weighted by atomic mass is 19.1. The second-order valence-corrected chi connectivity index (χ2v) is 4.04. The predicted molar refractivity (Wildman–Crippen MR) is 57.1 cm³/mol. The van der Waals surface area contributed by atoms with Crippen LogP contribution in [0.5, 0.6) is 0 Å². The lowest BCUT2D eigenvalue weighted by atomic mass is 9.82. The Kier molecular flexibility index (Phi) is 3.21. The van der Waals surface area contributed by atoms with Crippen LogP contribution >= 0.6 is 0 Å². The van der Waals surface area contributed by atoms with Gasteiger partial charge in [-0.25, -0.2) is 8.78 Å². The van der Waals surface area contributed by atoms with Crippen molar-refractivity contribution in [3.8, 4) is 0 Å². The Hall–Kier alpha value is -1.00. The van der Waals surface area contributed by atoms with Crippen molar-refractivity contribution >= 4 is 0 Å². The van der Waals surface area contributed by atoms with Gasteiger partial charge >= 0.3 is 0 Å². The Labute approximate surface area is 93.6 Å². The molecule has 1 fully saturated rings. The van der Waals surface area contributed by atoms with Crippen molar-refractivity contribution in [3.05, 3.63) is 35.4 Å². The van der Waals surface area contributed by atoms with E-state index in [-0.39, 0.29) is 5.56 Å². The van der Waals surface area contributed by atoms with E-state index in [1.165, 1.54) is 18.2 Å². The van der Waals surface area contributed by atoms with Gasteiger partial charge in [0.2, 0.25) is 0 Å². The first-order valence-corrected chi connectivity index (χ1v) is 5.41. The summed E-state index contributed by atoms with van der Waals surface area (Å²) in [5.41, 5.74) is -0.492. The summed E-state index contributed by atoms with van der Waals surface area (Å²) in [7, 11) is 1.73. The lowest BCUT2D eigenvalue weighted by molar-refractivity contribution is 0.0370. The molecule has 4 heteroatoms. The van der Waals surface area contributed by atoms with Crippen molar-refractivity contribution < 1.29 is 13.5 Å².